The molecule has 29 heavy (non-hydrogen) atoms. The summed E-state index contributed by atoms with van der Waals surface area (Å²) in [6.45, 7) is 6.66. The molecule has 1 saturated carbocycles. The Labute approximate surface area is 184 Å². The van der Waals surface area contributed by atoms with Crippen LogP contribution in [0.2, 0.25) is 0 Å². The number of carbonyl (C=O) groups is 1. The van der Waals surface area contributed by atoms with Gasteiger partial charge in [0.2, 0.25) is 0 Å². The Hall–Kier alpha value is -1.37. The van der Waals surface area contributed by atoms with Crippen molar-refractivity contribution in [3.63, 3.8) is 0 Å². The molecule has 0 atom stereocenters. The number of hydrogen-bond acceptors (Lipinski definition) is 4. The number of benzene rings is 1. The number of carbonyl (C=O) groups excluding carboxylic acids is 1. The average Bonchev–Trinajstić information content (AvgIpc) is 2.72. The van der Waals surface area contributed by atoms with Gasteiger partial charge in [-0.3, -0.25) is 0 Å². The zero-order valence-corrected chi connectivity index (χ0v) is 19.4. The monoisotopic (exact) mass is 466 g/mol. The lowest BCUT2D eigenvalue weighted by Crippen LogP contribution is -2.42. The molecule has 0 heterocycles. The fraction of sp³-hybridized carbons (Fsp3) is 0.609. The van der Waals surface area contributed by atoms with E-state index in [1.807, 2.05) is 25.3 Å². The van der Waals surface area contributed by atoms with E-state index in [4.69, 9.17) is 9.47 Å². The summed E-state index contributed by atoms with van der Waals surface area (Å²) in [5.74, 6) is 0.567. The fourth-order valence-electron chi connectivity index (χ4n) is 3.65. The third-order valence-corrected chi connectivity index (χ3v) is 6.01. The molecule has 2 rings (SSSR count). The van der Waals surface area contributed by atoms with Crippen LogP contribution in [0.4, 0.5) is 4.79 Å². The minimum Gasteiger partial charge on any atom is -0.410 e. The van der Waals surface area contributed by atoms with E-state index in [2.05, 4.69) is 34.5 Å². The first kappa shape index (κ1) is 23.9. The van der Waals surface area contributed by atoms with Gasteiger partial charge < -0.3 is 19.3 Å². The molecule has 0 N–H and O–H groups in total. The molecule has 1 amide bonds. The van der Waals surface area contributed by atoms with Crippen molar-refractivity contribution >= 4 is 22.0 Å². The number of ether oxygens (including phenoxy) is 2. The van der Waals surface area contributed by atoms with Gasteiger partial charge in [0.25, 0.3) is 0 Å². The van der Waals surface area contributed by atoms with E-state index in [1.165, 1.54) is 12.8 Å². The topological polar surface area (TPSA) is 42.0 Å². The summed E-state index contributed by atoms with van der Waals surface area (Å²) in [6, 6.07) is 7.53. The molecule has 1 aliphatic rings. The second kappa shape index (κ2) is 13.0. The van der Waals surface area contributed by atoms with Crippen LogP contribution in [0.15, 0.2) is 41.4 Å². The van der Waals surface area contributed by atoms with Crippen LogP contribution < -0.4 is 4.74 Å². The molecule has 0 aliphatic heterocycles. The highest BCUT2D eigenvalue weighted by molar-refractivity contribution is 9.10. The van der Waals surface area contributed by atoms with Crippen molar-refractivity contribution in [2.45, 2.75) is 57.1 Å². The van der Waals surface area contributed by atoms with Gasteiger partial charge in [-0.1, -0.05) is 22.0 Å². The van der Waals surface area contributed by atoms with Crippen LogP contribution >= 0.6 is 15.9 Å². The van der Waals surface area contributed by atoms with E-state index in [0.29, 0.717) is 11.9 Å². The van der Waals surface area contributed by atoms with Gasteiger partial charge in [-0.15, -0.1) is 6.58 Å². The predicted molar refractivity (Wildman–Crippen MR) is 121 cm³/mol. The Bertz CT molecular complexity index is 615. The number of likely N-dealkylation sites (N-methyl/N-ethyl adjacent to an activating group) is 1. The van der Waals surface area contributed by atoms with Gasteiger partial charge in [0.05, 0.1) is 6.10 Å². The SMILES string of the molecule is C=CCN(C)CCCCCO[C@H]1CC[C@H](N(C)C(=O)Oc2ccc(Br)cc2)CC1. The molecule has 1 aliphatic carbocycles. The smallest absolute Gasteiger partial charge is 0.410 e. The van der Waals surface area contributed by atoms with Gasteiger partial charge >= 0.3 is 6.09 Å². The highest BCUT2D eigenvalue weighted by atomic mass is 79.9. The second-order valence-electron chi connectivity index (χ2n) is 7.85. The zero-order valence-electron chi connectivity index (χ0n) is 17.8. The Morgan fingerprint density at radius 3 is 2.48 bits per heavy atom. The Morgan fingerprint density at radius 1 is 1.14 bits per heavy atom. The molecule has 0 radical (unpaired) electrons. The summed E-state index contributed by atoms with van der Waals surface area (Å²) >= 11 is 3.38. The van der Waals surface area contributed by atoms with Crippen LogP contribution in [0.1, 0.15) is 44.9 Å². The Balaban J connectivity index is 1.58. The lowest BCUT2D eigenvalue weighted by atomic mass is 9.92. The van der Waals surface area contributed by atoms with E-state index < -0.39 is 0 Å². The van der Waals surface area contributed by atoms with E-state index in [1.54, 1.807) is 17.0 Å². The van der Waals surface area contributed by atoms with Crippen LogP contribution in [0, 0.1) is 0 Å². The minimum atomic E-state index is -0.293. The quantitative estimate of drug-likeness (QED) is 0.319. The molecule has 0 bridgehead atoms. The average molecular weight is 467 g/mol. The molecular formula is C23H35BrN2O3. The van der Waals surface area contributed by atoms with Crippen molar-refractivity contribution in [3.05, 3.63) is 41.4 Å². The van der Waals surface area contributed by atoms with Crippen molar-refractivity contribution in [2.75, 3.05) is 33.8 Å². The molecule has 0 aromatic heterocycles. The van der Waals surface area contributed by atoms with E-state index >= 15 is 0 Å². The number of nitrogens with zero attached hydrogens (tertiary/aromatic N) is 2. The molecular weight excluding hydrogens is 432 g/mol. The summed E-state index contributed by atoms with van der Waals surface area (Å²) in [7, 11) is 3.96. The zero-order chi connectivity index (χ0) is 21.1. The van der Waals surface area contributed by atoms with Crippen molar-refractivity contribution in [3.8, 4) is 5.75 Å². The molecule has 0 unspecified atom stereocenters. The van der Waals surface area contributed by atoms with Crippen LogP contribution in [0.25, 0.3) is 0 Å². The fourth-order valence-corrected chi connectivity index (χ4v) is 3.91. The van der Waals surface area contributed by atoms with Gasteiger partial charge in [0.1, 0.15) is 5.75 Å². The molecule has 5 nitrogen and oxygen atoms in total. The Kier molecular flexibility index (Phi) is 10.7. The van der Waals surface area contributed by atoms with Crippen LogP contribution in [0.5, 0.6) is 5.75 Å². The number of amides is 1. The van der Waals surface area contributed by atoms with Crippen molar-refractivity contribution in [1.29, 1.82) is 0 Å². The molecule has 1 aromatic carbocycles. The third-order valence-electron chi connectivity index (χ3n) is 5.48. The first-order valence-corrected chi connectivity index (χ1v) is 11.4. The summed E-state index contributed by atoms with van der Waals surface area (Å²) in [4.78, 5) is 16.4. The highest BCUT2D eigenvalue weighted by Gasteiger charge is 2.27. The predicted octanol–water partition coefficient (Wildman–Crippen LogP) is 5.50. The van der Waals surface area contributed by atoms with Crippen LogP contribution in [-0.2, 0) is 4.74 Å². The molecule has 162 valence electrons. The van der Waals surface area contributed by atoms with Crippen molar-refractivity contribution < 1.29 is 14.3 Å². The minimum absolute atomic E-state index is 0.221. The van der Waals surface area contributed by atoms with Gasteiger partial charge in [-0.2, -0.15) is 0 Å². The normalized spacial score (nSPS) is 19.2. The lowest BCUT2D eigenvalue weighted by Gasteiger charge is -2.34. The van der Waals surface area contributed by atoms with Crippen LogP contribution in [-0.4, -0.2) is 61.8 Å². The molecule has 1 aromatic rings. The van der Waals surface area contributed by atoms with Gasteiger partial charge in [0, 0.05) is 30.7 Å². The number of unbranched alkanes of at least 4 members (excludes halogenated alkanes) is 2. The number of halogens is 1. The largest absolute Gasteiger partial charge is 0.415 e. The molecule has 1 fully saturated rings. The number of hydrogen-bond donors (Lipinski definition) is 0. The third kappa shape index (κ3) is 8.89. The maximum Gasteiger partial charge on any atom is 0.415 e. The number of rotatable bonds is 11. The van der Waals surface area contributed by atoms with Gasteiger partial charge in [0.15, 0.2) is 0 Å². The van der Waals surface area contributed by atoms with E-state index in [0.717, 1.165) is 56.3 Å². The van der Waals surface area contributed by atoms with E-state index in [-0.39, 0.29) is 12.1 Å². The van der Waals surface area contributed by atoms with Gasteiger partial charge in [-0.25, -0.2) is 4.79 Å². The molecule has 6 heteroatoms. The van der Waals surface area contributed by atoms with Gasteiger partial charge in [-0.05, 0) is 82.8 Å². The molecule has 0 saturated heterocycles. The summed E-state index contributed by atoms with van der Waals surface area (Å²) in [5.41, 5.74) is 0. The Morgan fingerprint density at radius 2 is 1.83 bits per heavy atom. The lowest BCUT2D eigenvalue weighted by molar-refractivity contribution is 0.0104. The summed E-state index contributed by atoms with van der Waals surface area (Å²) in [5, 5.41) is 0. The van der Waals surface area contributed by atoms with Crippen LogP contribution in [0.3, 0.4) is 0 Å². The first-order valence-electron chi connectivity index (χ1n) is 10.6. The molecule has 0 spiro atoms. The maximum absolute atomic E-state index is 12.4. The highest BCUT2D eigenvalue weighted by Crippen LogP contribution is 2.26. The summed E-state index contributed by atoms with van der Waals surface area (Å²) in [6.07, 6.45) is 9.41. The summed E-state index contributed by atoms with van der Waals surface area (Å²) < 4.78 is 12.5. The maximum atomic E-state index is 12.4. The standard InChI is InChI=1S/C23H35BrN2O3/c1-4-16-25(2)17-6-5-7-18-28-21-14-10-20(11-15-21)26(3)23(27)29-22-12-8-19(24)9-13-22/h4,8-9,12-13,20-21H,1,5-7,10-11,14-18H2,2-3H3/t20-,21-. The van der Waals surface area contributed by atoms with E-state index in [9.17, 15) is 4.79 Å². The first-order chi connectivity index (χ1) is 14.0. The van der Waals surface area contributed by atoms with Crippen molar-refractivity contribution in [2.24, 2.45) is 0 Å². The second-order valence-corrected chi connectivity index (χ2v) is 8.76. The van der Waals surface area contributed by atoms with Crippen molar-refractivity contribution in [1.82, 2.24) is 9.80 Å².